The monoisotopic (exact) mass is 278 g/mol. The zero-order valence-electron chi connectivity index (χ0n) is 9.72. The van der Waals surface area contributed by atoms with Gasteiger partial charge >= 0.3 is 5.97 Å². The molecule has 1 aromatic carbocycles. The Morgan fingerprint density at radius 3 is 2.22 bits per heavy atom. The molecule has 0 saturated heterocycles. The molecule has 0 aromatic heterocycles. The molecular formula is C11H12F2O4S. The van der Waals surface area contributed by atoms with Gasteiger partial charge in [0.1, 0.15) is 16.5 Å². The molecule has 0 amide bonds. The summed E-state index contributed by atoms with van der Waals surface area (Å²) >= 11 is 0. The molecule has 0 aliphatic carbocycles. The van der Waals surface area contributed by atoms with E-state index in [1.54, 1.807) is 0 Å². The highest BCUT2D eigenvalue weighted by Gasteiger charge is 2.38. The van der Waals surface area contributed by atoms with E-state index in [2.05, 4.69) is 0 Å². The van der Waals surface area contributed by atoms with Crippen molar-refractivity contribution in [2.24, 2.45) is 5.92 Å². The Bertz CT molecular complexity index is 566. The fourth-order valence-corrected chi connectivity index (χ4v) is 3.46. The van der Waals surface area contributed by atoms with Crippen LogP contribution >= 0.6 is 0 Å². The van der Waals surface area contributed by atoms with Crippen molar-refractivity contribution >= 4 is 15.8 Å². The second-order valence-electron chi connectivity index (χ2n) is 4.12. The minimum Gasteiger partial charge on any atom is -0.480 e. The first-order valence-corrected chi connectivity index (χ1v) is 6.64. The van der Waals surface area contributed by atoms with Crippen molar-refractivity contribution in [3.05, 3.63) is 29.8 Å². The minimum absolute atomic E-state index is 0.409. The van der Waals surface area contributed by atoms with Gasteiger partial charge in [-0.15, -0.1) is 0 Å². The van der Waals surface area contributed by atoms with Crippen LogP contribution in [-0.2, 0) is 14.6 Å². The molecule has 0 spiro atoms. The lowest BCUT2D eigenvalue weighted by Crippen LogP contribution is -2.35. The molecule has 1 N–H and O–H groups in total. The summed E-state index contributed by atoms with van der Waals surface area (Å²) in [5, 5.41) is 7.14. The van der Waals surface area contributed by atoms with Crippen LogP contribution in [0.25, 0.3) is 0 Å². The normalized spacial score (nSPS) is 13.6. The molecule has 1 atom stereocenters. The van der Waals surface area contributed by atoms with E-state index in [0.29, 0.717) is 6.07 Å². The number of hydrogen-bond acceptors (Lipinski definition) is 3. The number of carbonyl (C=O) groups is 1. The number of rotatable bonds is 4. The predicted molar refractivity (Wildman–Crippen MR) is 59.8 cm³/mol. The summed E-state index contributed by atoms with van der Waals surface area (Å²) in [4.78, 5) is 10.2. The summed E-state index contributed by atoms with van der Waals surface area (Å²) in [6, 6.07) is 1.92. The Kier molecular flexibility index (Phi) is 4.05. The fraction of sp³-hybridized carbons (Fsp3) is 0.364. The van der Waals surface area contributed by atoms with E-state index in [4.69, 9.17) is 5.11 Å². The molecule has 18 heavy (non-hydrogen) atoms. The van der Waals surface area contributed by atoms with E-state index >= 15 is 0 Å². The number of carboxylic acids is 1. The van der Waals surface area contributed by atoms with Crippen LogP contribution in [0.1, 0.15) is 13.8 Å². The molecular weight excluding hydrogens is 266 g/mol. The largest absolute Gasteiger partial charge is 0.480 e. The van der Waals surface area contributed by atoms with Gasteiger partial charge in [0.2, 0.25) is 0 Å². The number of sulfone groups is 1. The maximum atomic E-state index is 13.4. The third kappa shape index (κ3) is 2.66. The van der Waals surface area contributed by atoms with E-state index in [-0.39, 0.29) is 0 Å². The highest BCUT2D eigenvalue weighted by atomic mass is 32.2. The Hall–Kier alpha value is -1.50. The Morgan fingerprint density at radius 1 is 1.28 bits per heavy atom. The first-order valence-electron chi connectivity index (χ1n) is 5.09. The second kappa shape index (κ2) is 5.01. The van der Waals surface area contributed by atoms with Gasteiger partial charge in [0.05, 0.1) is 0 Å². The van der Waals surface area contributed by atoms with Crippen LogP contribution in [0.3, 0.4) is 0 Å². The highest BCUT2D eigenvalue weighted by Crippen LogP contribution is 2.24. The van der Waals surface area contributed by atoms with Gasteiger partial charge in [-0.1, -0.05) is 13.8 Å². The molecule has 1 unspecified atom stereocenters. The molecule has 0 aliphatic rings. The lowest BCUT2D eigenvalue weighted by molar-refractivity contribution is -0.137. The summed E-state index contributed by atoms with van der Waals surface area (Å²) in [7, 11) is -4.39. The van der Waals surface area contributed by atoms with Gasteiger partial charge in [0.15, 0.2) is 15.1 Å². The SMILES string of the molecule is CC(C)C(C(=O)O)S(=O)(=O)c1ccc(F)cc1F. The van der Waals surface area contributed by atoms with Gasteiger partial charge in [-0.05, 0) is 18.1 Å². The molecule has 7 heteroatoms. The maximum Gasteiger partial charge on any atom is 0.322 e. The first-order chi connectivity index (χ1) is 8.17. The zero-order valence-corrected chi connectivity index (χ0v) is 10.5. The lowest BCUT2D eigenvalue weighted by Gasteiger charge is -2.17. The quantitative estimate of drug-likeness (QED) is 0.853. The van der Waals surface area contributed by atoms with Crippen LogP contribution < -0.4 is 0 Å². The topological polar surface area (TPSA) is 71.4 Å². The van der Waals surface area contributed by atoms with Gasteiger partial charge < -0.3 is 5.11 Å². The van der Waals surface area contributed by atoms with Crippen LogP contribution in [0, 0.1) is 17.6 Å². The van der Waals surface area contributed by atoms with Gasteiger partial charge in [0.25, 0.3) is 0 Å². The first kappa shape index (κ1) is 14.6. The predicted octanol–water partition coefficient (Wildman–Crippen LogP) is 1.85. The van der Waals surface area contributed by atoms with E-state index < -0.39 is 43.5 Å². The molecule has 0 heterocycles. The van der Waals surface area contributed by atoms with E-state index in [0.717, 1.165) is 12.1 Å². The standard InChI is InChI=1S/C11H12F2O4S/c1-6(2)10(11(14)15)18(16,17)9-4-3-7(12)5-8(9)13/h3-6,10H,1-2H3,(H,14,15). The van der Waals surface area contributed by atoms with E-state index in [1.807, 2.05) is 0 Å². The fourth-order valence-electron chi connectivity index (χ4n) is 1.62. The molecule has 4 nitrogen and oxygen atoms in total. The summed E-state index contributed by atoms with van der Waals surface area (Å²) in [5.74, 6) is -4.52. The van der Waals surface area contributed by atoms with Crippen molar-refractivity contribution in [1.29, 1.82) is 0 Å². The van der Waals surface area contributed by atoms with Crippen LogP contribution in [0.5, 0.6) is 0 Å². The molecule has 0 fully saturated rings. The number of benzene rings is 1. The van der Waals surface area contributed by atoms with Crippen LogP contribution in [0.2, 0.25) is 0 Å². The Balaban J connectivity index is 3.41. The number of halogens is 2. The van der Waals surface area contributed by atoms with E-state index in [1.165, 1.54) is 13.8 Å². The molecule has 0 bridgehead atoms. The van der Waals surface area contributed by atoms with Gasteiger partial charge in [-0.25, -0.2) is 17.2 Å². The number of carboxylic acid groups (broad SMARTS) is 1. The summed E-state index contributed by atoms with van der Waals surface area (Å²) in [6.45, 7) is 2.80. The van der Waals surface area contributed by atoms with Crippen molar-refractivity contribution in [3.8, 4) is 0 Å². The van der Waals surface area contributed by atoms with Crippen LogP contribution in [0.4, 0.5) is 8.78 Å². The van der Waals surface area contributed by atoms with Crippen LogP contribution in [0.15, 0.2) is 23.1 Å². The summed E-state index contributed by atoms with van der Waals surface area (Å²) in [5.41, 5.74) is 0. The second-order valence-corrected chi connectivity index (χ2v) is 6.16. The Morgan fingerprint density at radius 2 is 1.83 bits per heavy atom. The maximum absolute atomic E-state index is 13.4. The minimum atomic E-state index is -4.39. The average Bonchev–Trinajstić information content (AvgIpc) is 2.13. The van der Waals surface area contributed by atoms with Crippen LogP contribution in [-0.4, -0.2) is 24.7 Å². The number of aliphatic carboxylic acids is 1. The highest BCUT2D eigenvalue weighted by molar-refractivity contribution is 7.92. The lowest BCUT2D eigenvalue weighted by atomic mass is 10.1. The molecule has 1 aromatic rings. The van der Waals surface area contributed by atoms with Gasteiger partial charge in [0, 0.05) is 6.07 Å². The smallest absolute Gasteiger partial charge is 0.322 e. The molecule has 100 valence electrons. The third-order valence-corrected chi connectivity index (χ3v) is 4.74. The molecule has 0 radical (unpaired) electrons. The van der Waals surface area contributed by atoms with Gasteiger partial charge in [-0.3, -0.25) is 4.79 Å². The molecule has 0 saturated carbocycles. The van der Waals surface area contributed by atoms with Crippen molar-refractivity contribution in [2.75, 3.05) is 0 Å². The average molecular weight is 278 g/mol. The number of hydrogen-bond donors (Lipinski definition) is 1. The third-order valence-electron chi connectivity index (χ3n) is 2.38. The molecule has 0 aliphatic heterocycles. The summed E-state index contributed by atoms with van der Waals surface area (Å²) < 4.78 is 50.1. The zero-order chi connectivity index (χ0) is 14.1. The Labute approximate surface area is 103 Å². The summed E-state index contributed by atoms with van der Waals surface area (Å²) in [6.07, 6.45) is 0. The van der Waals surface area contributed by atoms with Crippen molar-refractivity contribution in [1.82, 2.24) is 0 Å². The van der Waals surface area contributed by atoms with Crippen molar-refractivity contribution in [3.63, 3.8) is 0 Å². The van der Waals surface area contributed by atoms with Crippen molar-refractivity contribution in [2.45, 2.75) is 24.0 Å². The van der Waals surface area contributed by atoms with E-state index in [9.17, 15) is 22.0 Å². The van der Waals surface area contributed by atoms with Gasteiger partial charge in [-0.2, -0.15) is 0 Å². The molecule has 1 rings (SSSR count). The van der Waals surface area contributed by atoms with Crippen molar-refractivity contribution < 1.29 is 27.1 Å².